The topological polar surface area (TPSA) is 76.4 Å². The molecule has 0 radical (unpaired) electrons. The minimum Gasteiger partial charge on any atom is -0.496 e. The summed E-state index contributed by atoms with van der Waals surface area (Å²) < 4.78 is 12.1. The van der Waals surface area contributed by atoms with E-state index in [0.29, 0.717) is 34.0 Å². The Balaban J connectivity index is 1.49. The average molecular weight is 524 g/mol. The van der Waals surface area contributed by atoms with Gasteiger partial charge in [0.2, 0.25) is 5.89 Å². The maximum Gasteiger partial charge on any atom is 0.261 e. The van der Waals surface area contributed by atoms with Crippen LogP contribution in [0.25, 0.3) is 22.6 Å². The van der Waals surface area contributed by atoms with Crippen molar-refractivity contribution in [2.75, 3.05) is 12.4 Å². The predicted octanol–water partition coefficient (Wildman–Crippen LogP) is 6.26. The number of aromatic nitrogens is 1. The van der Waals surface area contributed by atoms with Gasteiger partial charge in [-0.25, -0.2) is 4.98 Å². The smallest absolute Gasteiger partial charge is 0.261 e. The maximum absolute atomic E-state index is 12.8. The number of rotatable bonds is 5. The fourth-order valence-electron chi connectivity index (χ4n) is 3.51. The van der Waals surface area contributed by atoms with Crippen molar-refractivity contribution in [1.82, 2.24) is 10.3 Å². The van der Waals surface area contributed by atoms with Gasteiger partial charge in [-0.15, -0.1) is 0 Å². The quantitative estimate of drug-likeness (QED) is 0.300. The number of hydrogen-bond donors (Lipinski definition) is 2. The molecule has 1 heterocycles. The van der Waals surface area contributed by atoms with E-state index in [1.807, 2.05) is 43.3 Å². The first-order valence-electron chi connectivity index (χ1n) is 10.3. The maximum atomic E-state index is 12.8. The van der Waals surface area contributed by atoms with Gasteiger partial charge in [0.1, 0.15) is 11.3 Å². The van der Waals surface area contributed by atoms with Crippen LogP contribution < -0.4 is 15.4 Å². The number of fused-ring (bicyclic) bond motifs is 1. The molecule has 0 aliphatic heterocycles. The Morgan fingerprint density at radius 2 is 1.91 bits per heavy atom. The first kappa shape index (κ1) is 22.9. The van der Waals surface area contributed by atoms with Gasteiger partial charge in [0, 0.05) is 15.7 Å². The molecule has 0 aliphatic rings. The van der Waals surface area contributed by atoms with Gasteiger partial charge in [0.05, 0.1) is 12.7 Å². The second-order valence-corrected chi connectivity index (χ2v) is 8.79. The van der Waals surface area contributed by atoms with Crippen molar-refractivity contribution < 1.29 is 13.9 Å². The number of thiocarbonyl (C=S) groups is 1. The Hall–Kier alpha value is -3.23. The fourth-order valence-corrected chi connectivity index (χ4v) is 4.30. The van der Waals surface area contributed by atoms with Crippen LogP contribution in [-0.2, 0) is 6.42 Å². The highest BCUT2D eigenvalue weighted by Crippen LogP contribution is 2.28. The first-order valence-corrected chi connectivity index (χ1v) is 11.5. The lowest BCUT2D eigenvalue weighted by atomic mass is 10.1. The lowest BCUT2D eigenvalue weighted by molar-refractivity contribution is 0.0974. The summed E-state index contributed by atoms with van der Waals surface area (Å²) in [5, 5.41) is 5.90. The minimum atomic E-state index is -0.367. The van der Waals surface area contributed by atoms with Gasteiger partial charge < -0.3 is 14.5 Å². The molecule has 0 fully saturated rings. The second-order valence-electron chi connectivity index (χ2n) is 7.46. The van der Waals surface area contributed by atoms with E-state index in [4.69, 9.17) is 21.4 Å². The number of aryl methyl sites for hydroxylation is 2. The van der Waals surface area contributed by atoms with Gasteiger partial charge in [-0.05, 0) is 79.2 Å². The van der Waals surface area contributed by atoms with Crippen LogP contribution in [0.5, 0.6) is 5.75 Å². The number of benzene rings is 3. The summed E-state index contributed by atoms with van der Waals surface area (Å²) in [5.74, 6) is 0.689. The van der Waals surface area contributed by atoms with Crippen LogP contribution in [0.3, 0.4) is 0 Å². The zero-order valence-corrected chi connectivity index (χ0v) is 20.8. The molecule has 4 rings (SSSR count). The van der Waals surface area contributed by atoms with Crippen molar-refractivity contribution in [2.24, 2.45) is 0 Å². The summed E-state index contributed by atoms with van der Waals surface area (Å²) in [6, 6.07) is 17.2. The molecular formula is C25H22BrN3O3S. The van der Waals surface area contributed by atoms with Crippen molar-refractivity contribution in [3.63, 3.8) is 0 Å². The first-order chi connectivity index (χ1) is 15.9. The highest BCUT2D eigenvalue weighted by molar-refractivity contribution is 9.10. The Morgan fingerprint density at radius 3 is 2.61 bits per heavy atom. The van der Waals surface area contributed by atoms with Crippen LogP contribution in [0.4, 0.5) is 5.69 Å². The summed E-state index contributed by atoms with van der Waals surface area (Å²) in [7, 11) is 1.53. The Labute approximate surface area is 205 Å². The van der Waals surface area contributed by atoms with Gasteiger partial charge >= 0.3 is 0 Å². The average Bonchev–Trinajstić information content (AvgIpc) is 3.22. The van der Waals surface area contributed by atoms with Gasteiger partial charge in [-0.3, -0.25) is 10.1 Å². The number of oxazole rings is 1. The van der Waals surface area contributed by atoms with Crippen molar-refractivity contribution in [3.05, 3.63) is 75.8 Å². The van der Waals surface area contributed by atoms with Gasteiger partial charge in [-0.2, -0.15) is 0 Å². The number of ether oxygens (including phenoxy) is 1. The van der Waals surface area contributed by atoms with Crippen molar-refractivity contribution in [1.29, 1.82) is 0 Å². The third-order valence-corrected chi connectivity index (χ3v) is 5.83. The van der Waals surface area contributed by atoms with Crippen molar-refractivity contribution in [3.8, 4) is 17.2 Å². The number of methoxy groups -OCH3 is 1. The molecule has 168 valence electrons. The highest BCUT2D eigenvalue weighted by Gasteiger charge is 2.17. The molecule has 0 spiro atoms. The molecule has 0 saturated heterocycles. The van der Waals surface area contributed by atoms with E-state index in [1.165, 1.54) is 12.7 Å². The van der Waals surface area contributed by atoms with E-state index >= 15 is 0 Å². The van der Waals surface area contributed by atoms with E-state index in [9.17, 15) is 4.79 Å². The molecule has 3 aromatic carbocycles. The van der Waals surface area contributed by atoms with Gasteiger partial charge in [0.25, 0.3) is 5.91 Å². The number of nitrogens with one attached hydrogen (secondary N) is 2. The largest absolute Gasteiger partial charge is 0.496 e. The Bertz CT molecular complexity index is 1350. The number of hydrogen-bond acceptors (Lipinski definition) is 5. The zero-order valence-electron chi connectivity index (χ0n) is 18.4. The van der Waals surface area contributed by atoms with E-state index in [-0.39, 0.29) is 11.0 Å². The van der Waals surface area contributed by atoms with Crippen LogP contribution >= 0.6 is 28.1 Å². The van der Waals surface area contributed by atoms with Gasteiger partial charge in [0.15, 0.2) is 10.7 Å². The highest BCUT2D eigenvalue weighted by atomic mass is 79.9. The van der Waals surface area contributed by atoms with Crippen molar-refractivity contribution >= 4 is 56.0 Å². The molecule has 0 bridgehead atoms. The summed E-state index contributed by atoms with van der Waals surface area (Å²) >= 11 is 8.76. The van der Waals surface area contributed by atoms with Gasteiger partial charge in [-0.1, -0.05) is 35.0 Å². The third kappa shape index (κ3) is 5.07. The molecular weight excluding hydrogens is 502 g/mol. The summed E-state index contributed by atoms with van der Waals surface area (Å²) in [6.07, 6.45) is 0.979. The number of amides is 1. The number of carbonyl (C=O) groups is 1. The number of anilines is 1. The lowest BCUT2D eigenvalue weighted by Crippen LogP contribution is -2.34. The van der Waals surface area contributed by atoms with E-state index in [1.54, 1.807) is 6.07 Å². The van der Waals surface area contributed by atoms with Crippen LogP contribution in [0.1, 0.15) is 28.4 Å². The number of halogens is 1. The molecule has 1 aromatic heterocycles. The molecule has 0 saturated carbocycles. The molecule has 0 unspecified atom stereocenters. The lowest BCUT2D eigenvalue weighted by Gasteiger charge is -2.13. The van der Waals surface area contributed by atoms with Crippen molar-refractivity contribution in [2.45, 2.75) is 20.3 Å². The summed E-state index contributed by atoms with van der Waals surface area (Å²) in [4.78, 5) is 17.4. The summed E-state index contributed by atoms with van der Waals surface area (Å²) in [6.45, 7) is 3.99. The molecule has 0 aliphatic carbocycles. The Kier molecular flexibility index (Phi) is 6.76. The third-order valence-electron chi connectivity index (χ3n) is 5.17. The SMILES string of the molecule is CCc1ccc(-c2nc3cc(NC(=S)NC(=O)c4cc(Br)cc(C)c4OC)ccc3o2)cc1. The standard InChI is InChI=1S/C25H22BrN3O3S/c1-4-15-5-7-16(8-6-15)24-28-20-13-18(9-10-21(20)32-24)27-25(33)29-23(30)19-12-17(26)11-14(2)22(19)31-3/h5-13H,4H2,1-3H3,(H2,27,29,30,33). The van der Waals surface area contributed by atoms with E-state index in [0.717, 1.165) is 22.0 Å². The zero-order chi connectivity index (χ0) is 23.5. The minimum absolute atomic E-state index is 0.165. The van der Waals surface area contributed by atoms with Crippen LogP contribution in [-0.4, -0.2) is 23.1 Å². The summed E-state index contributed by atoms with van der Waals surface area (Å²) in [5.41, 5.74) is 5.44. The molecule has 8 heteroatoms. The molecule has 2 N–H and O–H groups in total. The molecule has 33 heavy (non-hydrogen) atoms. The van der Waals surface area contributed by atoms with E-state index in [2.05, 4.69) is 50.6 Å². The molecule has 1 amide bonds. The van der Waals surface area contributed by atoms with E-state index < -0.39 is 0 Å². The number of carbonyl (C=O) groups excluding carboxylic acids is 1. The molecule has 0 atom stereocenters. The molecule has 6 nitrogen and oxygen atoms in total. The molecule has 4 aromatic rings. The number of nitrogens with zero attached hydrogens (tertiary/aromatic N) is 1. The van der Waals surface area contributed by atoms with Crippen LogP contribution in [0.15, 0.2) is 63.5 Å². The van der Waals surface area contributed by atoms with Crippen LogP contribution in [0, 0.1) is 6.92 Å². The predicted molar refractivity (Wildman–Crippen MR) is 138 cm³/mol. The monoisotopic (exact) mass is 523 g/mol. The fraction of sp³-hybridized carbons (Fsp3) is 0.160. The van der Waals surface area contributed by atoms with Crippen LogP contribution in [0.2, 0.25) is 0 Å². The normalized spacial score (nSPS) is 10.8. The Morgan fingerprint density at radius 1 is 1.15 bits per heavy atom. The second kappa shape index (κ2) is 9.72.